The first-order chi connectivity index (χ1) is 8.24. The van der Waals surface area contributed by atoms with Gasteiger partial charge in [0.1, 0.15) is 5.75 Å². The van der Waals surface area contributed by atoms with Gasteiger partial charge in [0.15, 0.2) is 5.82 Å². The molecule has 1 aromatic heterocycles. The van der Waals surface area contributed by atoms with Gasteiger partial charge in [-0.2, -0.15) is 0 Å². The maximum Gasteiger partial charge on any atom is 0.165 e. The summed E-state index contributed by atoms with van der Waals surface area (Å²) in [5, 5.41) is 8.11. The number of hydrogen-bond acceptors (Lipinski definition) is 5. The van der Waals surface area contributed by atoms with Crippen LogP contribution in [-0.2, 0) is 0 Å². The molecule has 0 saturated carbocycles. The number of hydrazine groups is 1. The van der Waals surface area contributed by atoms with Crippen LogP contribution in [-0.4, -0.2) is 17.3 Å². The molecule has 0 saturated heterocycles. The van der Waals surface area contributed by atoms with Crippen LogP contribution in [0, 0.1) is 6.92 Å². The van der Waals surface area contributed by atoms with Crippen LogP contribution in [0.15, 0.2) is 30.3 Å². The van der Waals surface area contributed by atoms with Crippen molar-refractivity contribution in [2.75, 3.05) is 12.5 Å². The molecule has 0 amide bonds. The van der Waals surface area contributed by atoms with E-state index < -0.39 is 0 Å². The van der Waals surface area contributed by atoms with E-state index in [0.717, 1.165) is 22.6 Å². The minimum atomic E-state index is 0.580. The third-order valence-corrected chi connectivity index (χ3v) is 2.49. The van der Waals surface area contributed by atoms with E-state index in [1.165, 1.54) is 0 Å². The summed E-state index contributed by atoms with van der Waals surface area (Å²) < 4.78 is 5.17. The van der Waals surface area contributed by atoms with E-state index in [1.54, 1.807) is 7.11 Å². The highest BCUT2D eigenvalue weighted by Gasteiger charge is 2.05. The van der Waals surface area contributed by atoms with E-state index in [-0.39, 0.29) is 0 Å². The molecular weight excluding hydrogens is 216 g/mol. The quantitative estimate of drug-likeness (QED) is 0.620. The van der Waals surface area contributed by atoms with Crippen LogP contribution in [0.1, 0.15) is 5.56 Å². The molecule has 0 atom stereocenters. The normalized spacial score (nSPS) is 10.1. The number of ether oxygens (including phenoxy) is 1. The van der Waals surface area contributed by atoms with Gasteiger partial charge >= 0.3 is 0 Å². The SMILES string of the molecule is COc1cccc(-c2cc(C)c(NN)nn2)c1. The zero-order valence-corrected chi connectivity index (χ0v) is 9.77. The smallest absolute Gasteiger partial charge is 0.165 e. The second-order valence-corrected chi connectivity index (χ2v) is 3.64. The van der Waals surface area contributed by atoms with Gasteiger partial charge in [0.2, 0.25) is 0 Å². The van der Waals surface area contributed by atoms with Gasteiger partial charge in [-0.3, -0.25) is 0 Å². The topological polar surface area (TPSA) is 73.1 Å². The van der Waals surface area contributed by atoms with E-state index in [4.69, 9.17) is 10.6 Å². The van der Waals surface area contributed by atoms with Crippen molar-refractivity contribution in [1.29, 1.82) is 0 Å². The van der Waals surface area contributed by atoms with E-state index >= 15 is 0 Å². The van der Waals surface area contributed by atoms with Crippen molar-refractivity contribution in [1.82, 2.24) is 10.2 Å². The van der Waals surface area contributed by atoms with Crippen LogP contribution in [0.5, 0.6) is 5.75 Å². The van der Waals surface area contributed by atoms with Crippen molar-refractivity contribution in [3.63, 3.8) is 0 Å². The number of anilines is 1. The van der Waals surface area contributed by atoms with Crippen molar-refractivity contribution in [3.05, 3.63) is 35.9 Å². The maximum absolute atomic E-state index is 5.31. The van der Waals surface area contributed by atoms with Crippen molar-refractivity contribution < 1.29 is 4.74 Å². The second-order valence-electron chi connectivity index (χ2n) is 3.64. The fraction of sp³-hybridized carbons (Fsp3) is 0.167. The summed E-state index contributed by atoms with van der Waals surface area (Å²) in [5.41, 5.74) is 5.20. The van der Waals surface area contributed by atoms with Crippen LogP contribution in [0.2, 0.25) is 0 Å². The molecule has 5 heteroatoms. The minimum absolute atomic E-state index is 0.580. The Bertz CT molecular complexity index is 528. The largest absolute Gasteiger partial charge is 0.497 e. The Labute approximate surface area is 99.6 Å². The lowest BCUT2D eigenvalue weighted by Gasteiger charge is -2.06. The Kier molecular flexibility index (Phi) is 3.20. The highest BCUT2D eigenvalue weighted by atomic mass is 16.5. The van der Waals surface area contributed by atoms with Gasteiger partial charge in [-0.05, 0) is 30.7 Å². The Morgan fingerprint density at radius 3 is 2.71 bits per heavy atom. The van der Waals surface area contributed by atoms with Gasteiger partial charge in [0.25, 0.3) is 0 Å². The molecule has 3 N–H and O–H groups in total. The summed E-state index contributed by atoms with van der Waals surface area (Å²) in [6.07, 6.45) is 0. The minimum Gasteiger partial charge on any atom is -0.497 e. The fourth-order valence-corrected chi connectivity index (χ4v) is 1.55. The summed E-state index contributed by atoms with van der Waals surface area (Å²) in [7, 11) is 1.64. The van der Waals surface area contributed by atoms with Crippen LogP contribution in [0.3, 0.4) is 0 Å². The van der Waals surface area contributed by atoms with Crippen molar-refractivity contribution in [2.24, 2.45) is 5.84 Å². The van der Waals surface area contributed by atoms with Crippen LogP contribution in [0.4, 0.5) is 5.82 Å². The zero-order chi connectivity index (χ0) is 12.3. The van der Waals surface area contributed by atoms with E-state index in [9.17, 15) is 0 Å². The molecule has 5 nitrogen and oxygen atoms in total. The second kappa shape index (κ2) is 4.80. The summed E-state index contributed by atoms with van der Waals surface area (Å²) in [6.45, 7) is 1.92. The lowest BCUT2D eigenvalue weighted by Crippen LogP contribution is -2.11. The van der Waals surface area contributed by atoms with Crippen LogP contribution >= 0.6 is 0 Å². The third-order valence-electron chi connectivity index (χ3n) is 2.49. The Morgan fingerprint density at radius 1 is 1.24 bits per heavy atom. The Morgan fingerprint density at radius 2 is 2.06 bits per heavy atom. The number of methoxy groups -OCH3 is 1. The van der Waals surface area contributed by atoms with E-state index in [1.807, 2.05) is 37.3 Å². The predicted octanol–water partition coefficient (Wildman–Crippen LogP) is 1.75. The van der Waals surface area contributed by atoms with Gasteiger partial charge in [-0.15, -0.1) is 10.2 Å². The standard InChI is InChI=1S/C12H14N4O/c1-8-6-11(15-16-12(8)14-13)9-4-3-5-10(7-9)17-2/h3-7H,13H2,1-2H3,(H,14,16). The van der Waals surface area contributed by atoms with Crippen LogP contribution in [0.25, 0.3) is 11.3 Å². The molecule has 0 bridgehead atoms. The molecule has 0 radical (unpaired) electrons. The average Bonchev–Trinajstić information content (AvgIpc) is 2.38. The molecular formula is C12H14N4O. The van der Waals surface area contributed by atoms with E-state index in [2.05, 4.69) is 15.6 Å². The number of benzene rings is 1. The van der Waals surface area contributed by atoms with Gasteiger partial charge in [-0.25, -0.2) is 5.84 Å². The van der Waals surface area contributed by atoms with Gasteiger partial charge < -0.3 is 10.2 Å². The average molecular weight is 230 g/mol. The lowest BCUT2D eigenvalue weighted by atomic mass is 10.1. The molecule has 0 aliphatic heterocycles. The molecule has 2 rings (SSSR count). The molecule has 88 valence electrons. The van der Waals surface area contributed by atoms with Gasteiger partial charge in [0, 0.05) is 5.56 Å². The first-order valence-electron chi connectivity index (χ1n) is 5.20. The predicted molar refractivity (Wildman–Crippen MR) is 66.6 cm³/mol. The van der Waals surface area contributed by atoms with Gasteiger partial charge in [-0.1, -0.05) is 12.1 Å². The molecule has 17 heavy (non-hydrogen) atoms. The fourth-order valence-electron chi connectivity index (χ4n) is 1.55. The third kappa shape index (κ3) is 2.34. The molecule has 1 aromatic carbocycles. The molecule has 0 aliphatic carbocycles. The number of rotatable bonds is 3. The molecule has 0 fully saturated rings. The zero-order valence-electron chi connectivity index (χ0n) is 9.77. The van der Waals surface area contributed by atoms with Gasteiger partial charge in [0.05, 0.1) is 12.8 Å². The highest BCUT2D eigenvalue weighted by molar-refractivity contribution is 5.63. The summed E-state index contributed by atoms with van der Waals surface area (Å²) in [5.74, 6) is 6.69. The molecule has 0 unspecified atom stereocenters. The lowest BCUT2D eigenvalue weighted by molar-refractivity contribution is 0.415. The summed E-state index contributed by atoms with van der Waals surface area (Å²) in [6, 6.07) is 9.61. The first-order valence-corrected chi connectivity index (χ1v) is 5.20. The highest BCUT2D eigenvalue weighted by Crippen LogP contribution is 2.23. The number of aromatic nitrogens is 2. The van der Waals surface area contributed by atoms with Crippen molar-refractivity contribution in [2.45, 2.75) is 6.92 Å². The summed E-state index contributed by atoms with van der Waals surface area (Å²) in [4.78, 5) is 0. The number of nitrogens with zero attached hydrogens (tertiary/aromatic N) is 2. The molecule has 0 aliphatic rings. The van der Waals surface area contributed by atoms with Crippen molar-refractivity contribution in [3.8, 4) is 17.0 Å². The monoisotopic (exact) mass is 230 g/mol. The van der Waals surface area contributed by atoms with Crippen molar-refractivity contribution >= 4 is 5.82 Å². The number of nitrogens with two attached hydrogens (primary N) is 1. The molecule has 1 heterocycles. The molecule has 0 spiro atoms. The first kappa shape index (κ1) is 11.3. The number of nitrogen functional groups attached to an aromatic ring is 1. The number of hydrogen-bond donors (Lipinski definition) is 2. The summed E-state index contributed by atoms with van der Waals surface area (Å²) >= 11 is 0. The Hall–Kier alpha value is -2.14. The number of aryl methyl sites for hydroxylation is 1. The van der Waals surface area contributed by atoms with E-state index in [0.29, 0.717) is 5.82 Å². The maximum atomic E-state index is 5.31. The number of nitrogens with one attached hydrogen (secondary N) is 1. The Balaban J connectivity index is 2.42. The van der Waals surface area contributed by atoms with Crippen LogP contribution < -0.4 is 16.0 Å². The molecule has 2 aromatic rings.